The van der Waals surface area contributed by atoms with Gasteiger partial charge >= 0.3 is 5.76 Å². The van der Waals surface area contributed by atoms with Gasteiger partial charge in [0.2, 0.25) is 11.7 Å². The van der Waals surface area contributed by atoms with Gasteiger partial charge in [-0.2, -0.15) is 4.98 Å². The first kappa shape index (κ1) is 13.5. The van der Waals surface area contributed by atoms with Gasteiger partial charge in [-0.05, 0) is 30.7 Å². The molecule has 0 spiro atoms. The van der Waals surface area contributed by atoms with Crippen LogP contribution in [0.2, 0.25) is 0 Å². The Morgan fingerprint density at radius 1 is 1.17 bits per heavy atom. The second kappa shape index (κ2) is 5.24. The Morgan fingerprint density at radius 2 is 2.09 bits per heavy atom. The van der Waals surface area contributed by atoms with E-state index in [1.807, 2.05) is 43.3 Å². The summed E-state index contributed by atoms with van der Waals surface area (Å²) in [4.78, 5) is 18.2. The Labute approximate surface area is 130 Å². The normalized spacial score (nSPS) is 11.2. The number of aryl methyl sites for hydroxylation is 1. The molecule has 4 aromatic rings. The molecular formula is C17H13N3O3. The molecule has 2 aromatic carbocycles. The molecule has 0 aliphatic rings. The van der Waals surface area contributed by atoms with Crippen molar-refractivity contribution in [2.75, 3.05) is 0 Å². The van der Waals surface area contributed by atoms with Crippen LogP contribution in [0.3, 0.4) is 0 Å². The lowest BCUT2D eigenvalue weighted by Crippen LogP contribution is -1.93. The Kier molecular flexibility index (Phi) is 3.08. The molecule has 0 aliphatic heterocycles. The van der Waals surface area contributed by atoms with Gasteiger partial charge in [-0.1, -0.05) is 35.0 Å². The average Bonchev–Trinajstić information content (AvgIpc) is 3.12. The van der Waals surface area contributed by atoms with Crippen LogP contribution < -0.4 is 5.76 Å². The highest BCUT2D eigenvalue weighted by atomic mass is 16.5. The third-order valence-corrected chi connectivity index (χ3v) is 3.58. The Hall–Kier alpha value is -3.15. The topological polar surface area (TPSA) is 84.9 Å². The van der Waals surface area contributed by atoms with Gasteiger partial charge in [-0.15, -0.1) is 0 Å². The minimum atomic E-state index is -0.461. The molecule has 6 nitrogen and oxygen atoms in total. The van der Waals surface area contributed by atoms with Crippen molar-refractivity contribution in [3.63, 3.8) is 0 Å². The summed E-state index contributed by atoms with van der Waals surface area (Å²) in [6.45, 7) is 2.02. The predicted molar refractivity (Wildman–Crippen MR) is 84.1 cm³/mol. The number of oxazole rings is 1. The summed E-state index contributed by atoms with van der Waals surface area (Å²) >= 11 is 0. The summed E-state index contributed by atoms with van der Waals surface area (Å²) in [6, 6.07) is 13.4. The molecule has 0 fully saturated rings. The second-order valence-corrected chi connectivity index (χ2v) is 5.40. The van der Waals surface area contributed by atoms with E-state index < -0.39 is 5.76 Å². The van der Waals surface area contributed by atoms with Gasteiger partial charge in [0.25, 0.3) is 0 Å². The van der Waals surface area contributed by atoms with Crippen LogP contribution in [0.15, 0.2) is 56.2 Å². The van der Waals surface area contributed by atoms with E-state index in [9.17, 15) is 4.79 Å². The zero-order valence-electron chi connectivity index (χ0n) is 12.4. The maximum absolute atomic E-state index is 11.2. The molecule has 0 bridgehead atoms. The Bertz CT molecular complexity index is 1040. The van der Waals surface area contributed by atoms with E-state index in [2.05, 4.69) is 15.1 Å². The number of hydrogen-bond acceptors (Lipinski definition) is 5. The van der Waals surface area contributed by atoms with E-state index >= 15 is 0 Å². The molecule has 0 atom stereocenters. The maximum Gasteiger partial charge on any atom is 0.417 e. The quantitative estimate of drug-likeness (QED) is 0.628. The molecule has 1 N–H and O–H groups in total. The minimum Gasteiger partial charge on any atom is -0.408 e. The van der Waals surface area contributed by atoms with Crippen molar-refractivity contribution in [2.24, 2.45) is 0 Å². The fourth-order valence-corrected chi connectivity index (χ4v) is 2.51. The molecule has 4 rings (SSSR count). The zero-order chi connectivity index (χ0) is 15.8. The van der Waals surface area contributed by atoms with Gasteiger partial charge in [0.05, 0.1) is 11.9 Å². The lowest BCUT2D eigenvalue weighted by molar-refractivity contribution is 0.386. The molecule has 0 aliphatic carbocycles. The monoisotopic (exact) mass is 307 g/mol. The molecule has 114 valence electrons. The summed E-state index contributed by atoms with van der Waals surface area (Å²) in [7, 11) is 0. The van der Waals surface area contributed by atoms with Crippen LogP contribution in [0.1, 0.15) is 17.0 Å². The van der Waals surface area contributed by atoms with Crippen LogP contribution >= 0.6 is 0 Å². The molecule has 23 heavy (non-hydrogen) atoms. The van der Waals surface area contributed by atoms with Gasteiger partial charge in [0.15, 0.2) is 5.58 Å². The second-order valence-electron chi connectivity index (χ2n) is 5.40. The summed E-state index contributed by atoms with van der Waals surface area (Å²) in [5, 5.41) is 4.03. The van der Waals surface area contributed by atoms with Crippen molar-refractivity contribution in [2.45, 2.75) is 13.3 Å². The van der Waals surface area contributed by atoms with Crippen LogP contribution in [0.25, 0.3) is 22.5 Å². The largest absolute Gasteiger partial charge is 0.417 e. The summed E-state index contributed by atoms with van der Waals surface area (Å²) < 4.78 is 10.3. The number of aromatic nitrogens is 3. The predicted octanol–water partition coefficient (Wildman–Crippen LogP) is 3.07. The molecule has 0 saturated heterocycles. The number of rotatable bonds is 3. The van der Waals surface area contributed by atoms with Crippen molar-refractivity contribution in [3.05, 3.63) is 70.0 Å². The molecule has 0 saturated carbocycles. The first-order valence-electron chi connectivity index (χ1n) is 7.19. The van der Waals surface area contributed by atoms with Gasteiger partial charge in [0.1, 0.15) is 0 Å². The number of nitrogens with one attached hydrogen (secondary N) is 1. The van der Waals surface area contributed by atoms with Crippen molar-refractivity contribution < 1.29 is 8.94 Å². The SMILES string of the molecule is Cc1cccc(-c2noc(Cc3ccc4oc(=O)[nH]c4c3)n2)c1. The smallest absolute Gasteiger partial charge is 0.408 e. The summed E-state index contributed by atoms with van der Waals surface area (Å²) in [5.74, 6) is 0.630. The molecule has 0 radical (unpaired) electrons. The lowest BCUT2D eigenvalue weighted by atomic mass is 10.1. The summed E-state index contributed by atoms with van der Waals surface area (Å²) in [6.07, 6.45) is 0.488. The van der Waals surface area contributed by atoms with E-state index in [-0.39, 0.29) is 0 Å². The number of hydrogen-bond donors (Lipinski definition) is 1. The maximum atomic E-state index is 11.2. The van der Waals surface area contributed by atoms with Crippen molar-refractivity contribution >= 4 is 11.1 Å². The average molecular weight is 307 g/mol. The zero-order valence-corrected chi connectivity index (χ0v) is 12.4. The van der Waals surface area contributed by atoms with E-state index in [1.165, 1.54) is 0 Å². The Balaban J connectivity index is 1.62. The number of aromatic amines is 1. The number of nitrogens with zero attached hydrogens (tertiary/aromatic N) is 2. The summed E-state index contributed by atoms with van der Waals surface area (Å²) in [5.41, 5.74) is 4.21. The molecular weight excluding hydrogens is 294 g/mol. The highest BCUT2D eigenvalue weighted by molar-refractivity contribution is 5.72. The van der Waals surface area contributed by atoms with Crippen LogP contribution in [0, 0.1) is 6.92 Å². The van der Waals surface area contributed by atoms with Gasteiger partial charge < -0.3 is 8.94 Å². The van der Waals surface area contributed by atoms with E-state index in [0.717, 1.165) is 16.7 Å². The molecule has 0 unspecified atom stereocenters. The first-order valence-corrected chi connectivity index (χ1v) is 7.19. The number of fused-ring (bicyclic) bond motifs is 1. The third kappa shape index (κ3) is 2.66. The minimum absolute atomic E-state index is 0.461. The van der Waals surface area contributed by atoms with Crippen molar-refractivity contribution in [1.29, 1.82) is 0 Å². The van der Waals surface area contributed by atoms with Crippen molar-refractivity contribution in [3.8, 4) is 11.4 Å². The Morgan fingerprint density at radius 3 is 2.96 bits per heavy atom. The highest BCUT2D eigenvalue weighted by Crippen LogP contribution is 2.19. The third-order valence-electron chi connectivity index (χ3n) is 3.58. The van der Waals surface area contributed by atoms with Crippen molar-refractivity contribution in [1.82, 2.24) is 15.1 Å². The standard InChI is InChI=1S/C17H13N3O3/c1-10-3-2-4-12(7-10)16-19-15(23-20-16)9-11-5-6-14-13(8-11)18-17(21)22-14/h2-8H,9H2,1H3,(H,18,21). The fraction of sp³-hybridized carbons (Fsp3) is 0.118. The van der Waals surface area contributed by atoms with Crippen LogP contribution in [0.4, 0.5) is 0 Å². The van der Waals surface area contributed by atoms with Crippen LogP contribution in [-0.4, -0.2) is 15.1 Å². The number of H-pyrrole nitrogens is 1. The first-order chi connectivity index (χ1) is 11.2. The molecule has 6 heteroatoms. The molecule has 0 amide bonds. The lowest BCUT2D eigenvalue weighted by Gasteiger charge is -1.96. The van der Waals surface area contributed by atoms with E-state index in [0.29, 0.717) is 29.2 Å². The van der Waals surface area contributed by atoms with E-state index in [1.54, 1.807) is 6.07 Å². The molecule has 2 heterocycles. The van der Waals surface area contributed by atoms with Gasteiger partial charge in [-0.3, -0.25) is 4.98 Å². The van der Waals surface area contributed by atoms with Gasteiger partial charge in [0, 0.05) is 5.56 Å². The van der Waals surface area contributed by atoms with E-state index in [4.69, 9.17) is 8.94 Å². The highest BCUT2D eigenvalue weighted by Gasteiger charge is 2.10. The molecule has 2 aromatic heterocycles. The van der Waals surface area contributed by atoms with Crippen LogP contribution in [0.5, 0.6) is 0 Å². The van der Waals surface area contributed by atoms with Crippen LogP contribution in [-0.2, 0) is 6.42 Å². The van der Waals surface area contributed by atoms with Gasteiger partial charge in [-0.25, -0.2) is 4.79 Å². The fourth-order valence-electron chi connectivity index (χ4n) is 2.51. The number of benzene rings is 2.